The molecular formula is C25H16Cl3NO5S. The molecule has 1 N–H and O–H groups in total. The summed E-state index contributed by atoms with van der Waals surface area (Å²) in [5.41, 5.74) is 2.23. The maximum Gasteiger partial charge on any atom is 0.335 e. The van der Waals surface area contributed by atoms with Crippen molar-refractivity contribution in [3.05, 3.63) is 103 Å². The summed E-state index contributed by atoms with van der Waals surface area (Å²) in [4.78, 5) is 37.6. The van der Waals surface area contributed by atoms with Crippen molar-refractivity contribution in [2.45, 2.75) is 13.2 Å². The summed E-state index contributed by atoms with van der Waals surface area (Å²) in [6, 6.07) is 16.3. The van der Waals surface area contributed by atoms with Crippen LogP contribution in [0.25, 0.3) is 6.08 Å². The van der Waals surface area contributed by atoms with Gasteiger partial charge in [-0.2, -0.15) is 0 Å². The molecule has 1 fully saturated rings. The highest BCUT2D eigenvalue weighted by molar-refractivity contribution is 8.18. The lowest BCUT2D eigenvalue weighted by Gasteiger charge is -2.12. The Hall–Kier alpha value is -2.97. The summed E-state index contributed by atoms with van der Waals surface area (Å²) < 4.78 is 5.73. The number of aromatic carboxylic acids is 1. The standard InChI is InChI=1S/C25H16Cl3NO5S/c26-18-7-3-14(4-8-18)12-29-23(30)21(35-25(29)33)11-16-9-19(27)22(20(28)10-16)34-13-15-1-5-17(6-2-15)24(31)32/h1-11H,12-13H2,(H,31,32)/b21-11-. The molecule has 1 aliphatic rings. The second-order valence-corrected chi connectivity index (χ2v) is 9.74. The van der Waals surface area contributed by atoms with Crippen LogP contribution in [0.15, 0.2) is 65.6 Å². The van der Waals surface area contributed by atoms with Crippen molar-refractivity contribution in [1.29, 1.82) is 0 Å². The van der Waals surface area contributed by atoms with Crippen molar-refractivity contribution < 1.29 is 24.2 Å². The van der Waals surface area contributed by atoms with E-state index in [4.69, 9.17) is 44.6 Å². The average Bonchev–Trinajstić information content (AvgIpc) is 3.07. The van der Waals surface area contributed by atoms with Crippen LogP contribution in [0.2, 0.25) is 15.1 Å². The van der Waals surface area contributed by atoms with Crippen molar-refractivity contribution in [3.8, 4) is 5.75 Å². The molecule has 35 heavy (non-hydrogen) atoms. The van der Waals surface area contributed by atoms with E-state index in [0.29, 0.717) is 10.6 Å². The number of rotatable bonds is 7. The summed E-state index contributed by atoms with van der Waals surface area (Å²) in [5.74, 6) is -1.17. The zero-order chi connectivity index (χ0) is 25.1. The number of amides is 2. The Morgan fingerprint density at radius 1 is 0.943 bits per heavy atom. The molecule has 0 radical (unpaired) electrons. The normalized spacial score (nSPS) is 14.6. The van der Waals surface area contributed by atoms with Gasteiger partial charge in [-0.25, -0.2) is 4.79 Å². The molecule has 0 bridgehead atoms. The fourth-order valence-corrected chi connectivity index (χ4v) is 4.84. The third-order valence-corrected chi connectivity index (χ3v) is 6.75. The van der Waals surface area contributed by atoms with Crippen LogP contribution in [-0.4, -0.2) is 27.1 Å². The zero-order valence-electron chi connectivity index (χ0n) is 17.8. The number of hydrogen-bond donors (Lipinski definition) is 1. The number of hydrogen-bond acceptors (Lipinski definition) is 5. The number of ether oxygens (including phenoxy) is 1. The summed E-state index contributed by atoms with van der Waals surface area (Å²) in [6.07, 6.45) is 1.55. The number of carboxylic acids is 1. The summed E-state index contributed by atoms with van der Waals surface area (Å²) >= 11 is 19.5. The Kier molecular flexibility index (Phi) is 7.72. The number of halogens is 3. The molecule has 10 heteroatoms. The lowest BCUT2D eigenvalue weighted by atomic mass is 10.1. The minimum atomic E-state index is -1.01. The lowest BCUT2D eigenvalue weighted by Crippen LogP contribution is -2.27. The van der Waals surface area contributed by atoms with Crippen LogP contribution in [-0.2, 0) is 17.9 Å². The minimum absolute atomic E-state index is 0.127. The van der Waals surface area contributed by atoms with Gasteiger partial charge in [0.2, 0.25) is 0 Å². The molecular weight excluding hydrogens is 533 g/mol. The van der Waals surface area contributed by atoms with E-state index >= 15 is 0 Å². The summed E-state index contributed by atoms with van der Waals surface area (Å²) in [5, 5.41) is 9.64. The molecule has 1 saturated heterocycles. The van der Waals surface area contributed by atoms with Gasteiger partial charge in [-0.1, -0.05) is 59.1 Å². The van der Waals surface area contributed by atoms with E-state index in [1.807, 2.05) is 0 Å². The summed E-state index contributed by atoms with van der Waals surface area (Å²) in [7, 11) is 0. The molecule has 178 valence electrons. The lowest BCUT2D eigenvalue weighted by molar-refractivity contribution is -0.123. The van der Waals surface area contributed by atoms with E-state index < -0.39 is 11.9 Å². The number of benzene rings is 3. The third kappa shape index (κ3) is 6.00. The van der Waals surface area contributed by atoms with Crippen molar-refractivity contribution in [1.82, 2.24) is 4.90 Å². The molecule has 1 heterocycles. The van der Waals surface area contributed by atoms with Gasteiger partial charge in [0, 0.05) is 5.02 Å². The number of nitrogens with zero attached hydrogens (tertiary/aromatic N) is 1. The Bertz CT molecular complexity index is 1320. The Morgan fingerprint density at radius 2 is 1.54 bits per heavy atom. The van der Waals surface area contributed by atoms with Crippen LogP contribution in [0.5, 0.6) is 5.75 Å². The molecule has 1 aliphatic heterocycles. The second kappa shape index (κ2) is 10.7. The number of carbonyl (C=O) groups is 3. The number of thioether (sulfide) groups is 1. The van der Waals surface area contributed by atoms with E-state index in [1.165, 1.54) is 12.1 Å². The first-order valence-corrected chi connectivity index (χ1v) is 12.1. The largest absolute Gasteiger partial charge is 0.486 e. The Balaban J connectivity index is 1.47. The molecule has 0 spiro atoms. The van der Waals surface area contributed by atoms with Gasteiger partial charge in [0.1, 0.15) is 6.61 Å². The predicted molar refractivity (Wildman–Crippen MR) is 137 cm³/mol. The van der Waals surface area contributed by atoms with E-state index in [9.17, 15) is 14.4 Å². The quantitative estimate of drug-likeness (QED) is 0.315. The number of carboxylic acid groups (broad SMARTS) is 1. The smallest absolute Gasteiger partial charge is 0.335 e. The Labute approximate surface area is 220 Å². The average molecular weight is 549 g/mol. The van der Waals surface area contributed by atoms with Gasteiger partial charge >= 0.3 is 5.97 Å². The molecule has 0 unspecified atom stereocenters. The third-order valence-electron chi connectivity index (χ3n) is 5.03. The molecule has 0 saturated carbocycles. The van der Waals surface area contributed by atoms with Crippen LogP contribution in [0.3, 0.4) is 0 Å². The van der Waals surface area contributed by atoms with Crippen molar-refractivity contribution in [2.24, 2.45) is 0 Å². The summed E-state index contributed by atoms with van der Waals surface area (Å²) in [6.45, 7) is 0.267. The molecule has 2 amide bonds. The molecule has 3 aromatic rings. The van der Waals surface area contributed by atoms with Gasteiger partial charge in [0.05, 0.1) is 27.1 Å². The second-order valence-electron chi connectivity index (χ2n) is 7.50. The highest BCUT2D eigenvalue weighted by Gasteiger charge is 2.35. The van der Waals surface area contributed by atoms with Gasteiger partial charge < -0.3 is 9.84 Å². The minimum Gasteiger partial charge on any atom is -0.486 e. The van der Waals surface area contributed by atoms with Crippen molar-refractivity contribution in [3.63, 3.8) is 0 Å². The number of imide groups is 1. The first-order valence-electron chi connectivity index (χ1n) is 10.1. The fraction of sp³-hybridized carbons (Fsp3) is 0.0800. The van der Waals surface area contributed by atoms with E-state index in [1.54, 1.807) is 54.6 Å². The molecule has 0 aliphatic carbocycles. The molecule has 0 atom stereocenters. The number of carbonyl (C=O) groups excluding carboxylic acids is 2. The topological polar surface area (TPSA) is 83.9 Å². The van der Waals surface area contributed by atoms with Gasteiger partial charge in [-0.15, -0.1) is 0 Å². The van der Waals surface area contributed by atoms with E-state index in [2.05, 4.69) is 0 Å². The molecule has 0 aromatic heterocycles. The van der Waals surface area contributed by atoms with Crippen LogP contribution < -0.4 is 4.74 Å². The molecule has 4 rings (SSSR count). The zero-order valence-corrected chi connectivity index (χ0v) is 20.9. The van der Waals surface area contributed by atoms with Gasteiger partial charge in [0.15, 0.2) is 5.75 Å². The van der Waals surface area contributed by atoms with Gasteiger partial charge in [-0.05, 0) is 70.9 Å². The van der Waals surface area contributed by atoms with Crippen LogP contribution in [0.4, 0.5) is 4.79 Å². The molecule has 3 aromatic carbocycles. The van der Waals surface area contributed by atoms with Crippen molar-refractivity contribution in [2.75, 3.05) is 0 Å². The maximum atomic E-state index is 12.8. The van der Waals surface area contributed by atoms with Crippen LogP contribution in [0.1, 0.15) is 27.0 Å². The van der Waals surface area contributed by atoms with E-state index in [0.717, 1.165) is 27.8 Å². The predicted octanol–water partition coefficient (Wildman–Crippen LogP) is 7.16. The Morgan fingerprint density at radius 3 is 2.14 bits per heavy atom. The van der Waals surface area contributed by atoms with Gasteiger partial charge in [-0.3, -0.25) is 14.5 Å². The maximum absolute atomic E-state index is 12.8. The van der Waals surface area contributed by atoms with Crippen LogP contribution >= 0.6 is 46.6 Å². The van der Waals surface area contributed by atoms with Gasteiger partial charge in [0.25, 0.3) is 11.1 Å². The first-order chi connectivity index (χ1) is 16.7. The van der Waals surface area contributed by atoms with Crippen molar-refractivity contribution >= 4 is 69.8 Å². The van der Waals surface area contributed by atoms with Crippen LogP contribution in [0, 0.1) is 0 Å². The first kappa shape index (κ1) is 25.1. The highest BCUT2D eigenvalue weighted by Crippen LogP contribution is 2.38. The van der Waals surface area contributed by atoms with E-state index in [-0.39, 0.29) is 44.7 Å². The highest BCUT2D eigenvalue weighted by atomic mass is 35.5. The SMILES string of the molecule is O=C(O)c1ccc(COc2c(Cl)cc(/C=C3\SC(=O)N(Cc4ccc(Cl)cc4)C3=O)cc2Cl)cc1. The monoisotopic (exact) mass is 547 g/mol. The fourth-order valence-electron chi connectivity index (χ4n) is 3.26. The molecule has 6 nitrogen and oxygen atoms in total.